The van der Waals surface area contributed by atoms with Crippen molar-refractivity contribution in [3.8, 4) is 11.4 Å². The number of hydrogen-bond acceptors (Lipinski definition) is 5. The molecule has 1 aromatic heterocycles. The van der Waals surface area contributed by atoms with Gasteiger partial charge in [0, 0.05) is 12.6 Å². The fourth-order valence-electron chi connectivity index (χ4n) is 2.47. The first-order valence-corrected chi connectivity index (χ1v) is 9.01. The molecule has 5 nitrogen and oxygen atoms in total. The first-order valence-electron chi connectivity index (χ1n) is 8.13. The van der Waals surface area contributed by atoms with Crippen LogP contribution in [-0.4, -0.2) is 27.3 Å². The third-order valence-electron chi connectivity index (χ3n) is 3.76. The second-order valence-corrected chi connectivity index (χ2v) is 6.60. The summed E-state index contributed by atoms with van der Waals surface area (Å²) in [5, 5.41) is 8.42. The van der Waals surface area contributed by atoms with Crippen molar-refractivity contribution in [2.24, 2.45) is 7.05 Å². The monoisotopic (exact) mass is 371 g/mol. The van der Waals surface area contributed by atoms with E-state index in [1.54, 1.807) is 23.6 Å². The van der Waals surface area contributed by atoms with Crippen LogP contribution >= 0.6 is 11.8 Å². The van der Waals surface area contributed by atoms with Crippen molar-refractivity contribution >= 4 is 17.7 Å². The number of aromatic nitrogens is 3. The van der Waals surface area contributed by atoms with E-state index < -0.39 is 5.25 Å². The highest BCUT2D eigenvalue weighted by Crippen LogP contribution is 2.36. The van der Waals surface area contributed by atoms with Crippen LogP contribution in [0.25, 0.3) is 11.4 Å². The lowest BCUT2D eigenvalue weighted by molar-refractivity contribution is -0.142. The molecule has 0 aliphatic rings. The average Bonchev–Trinajstić information content (AvgIpc) is 3.02. The SMILES string of the molecule is CCOC(=O)[C@@H](Sc1nnc(-c2ccc(F)cc2)n1C)c1ccccc1. The van der Waals surface area contributed by atoms with Gasteiger partial charge in [0.15, 0.2) is 11.0 Å². The van der Waals surface area contributed by atoms with Crippen molar-refractivity contribution in [1.29, 1.82) is 0 Å². The van der Waals surface area contributed by atoms with Gasteiger partial charge >= 0.3 is 5.97 Å². The Morgan fingerprint density at radius 1 is 1.15 bits per heavy atom. The molecule has 0 radical (unpaired) electrons. The van der Waals surface area contributed by atoms with E-state index in [1.807, 2.05) is 37.4 Å². The molecular weight excluding hydrogens is 353 g/mol. The molecule has 7 heteroatoms. The van der Waals surface area contributed by atoms with Crippen molar-refractivity contribution in [1.82, 2.24) is 14.8 Å². The van der Waals surface area contributed by atoms with Gasteiger partial charge in [-0.15, -0.1) is 10.2 Å². The quantitative estimate of drug-likeness (QED) is 0.484. The Morgan fingerprint density at radius 2 is 1.85 bits per heavy atom. The number of thioether (sulfide) groups is 1. The molecule has 0 unspecified atom stereocenters. The molecule has 0 bridgehead atoms. The fraction of sp³-hybridized carbons (Fsp3) is 0.211. The lowest BCUT2D eigenvalue weighted by Crippen LogP contribution is -2.14. The van der Waals surface area contributed by atoms with E-state index in [0.717, 1.165) is 11.1 Å². The summed E-state index contributed by atoms with van der Waals surface area (Å²) >= 11 is 1.28. The van der Waals surface area contributed by atoms with Crippen LogP contribution in [0.3, 0.4) is 0 Å². The van der Waals surface area contributed by atoms with Crippen LogP contribution in [0.4, 0.5) is 4.39 Å². The number of halogens is 1. The van der Waals surface area contributed by atoms with E-state index in [9.17, 15) is 9.18 Å². The summed E-state index contributed by atoms with van der Waals surface area (Å²) < 4.78 is 20.1. The van der Waals surface area contributed by atoms with Gasteiger partial charge in [-0.1, -0.05) is 42.1 Å². The molecule has 3 rings (SSSR count). The molecule has 0 N–H and O–H groups in total. The van der Waals surface area contributed by atoms with E-state index in [0.29, 0.717) is 17.6 Å². The summed E-state index contributed by atoms with van der Waals surface area (Å²) in [7, 11) is 1.81. The van der Waals surface area contributed by atoms with Gasteiger partial charge in [0.25, 0.3) is 0 Å². The number of esters is 1. The fourth-order valence-corrected chi connectivity index (χ4v) is 3.47. The van der Waals surface area contributed by atoms with Crippen molar-refractivity contribution in [3.05, 3.63) is 66.0 Å². The number of carbonyl (C=O) groups excluding carboxylic acids is 1. The predicted octanol–water partition coefficient (Wildman–Crippen LogP) is 4.02. The van der Waals surface area contributed by atoms with E-state index in [2.05, 4.69) is 10.2 Å². The Hall–Kier alpha value is -2.67. The summed E-state index contributed by atoms with van der Waals surface area (Å²) in [5.74, 6) is -0.0322. The van der Waals surface area contributed by atoms with Gasteiger partial charge < -0.3 is 9.30 Å². The Kier molecular flexibility index (Phi) is 5.68. The third kappa shape index (κ3) is 3.94. The maximum atomic E-state index is 13.1. The number of nitrogens with zero attached hydrogens (tertiary/aromatic N) is 3. The smallest absolute Gasteiger partial charge is 0.324 e. The minimum absolute atomic E-state index is 0.308. The zero-order valence-electron chi connectivity index (χ0n) is 14.4. The maximum absolute atomic E-state index is 13.1. The first kappa shape index (κ1) is 18.1. The standard InChI is InChI=1S/C19H18FN3O2S/c1-3-25-18(24)16(13-7-5-4-6-8-13)26-19-22-21-17(23(19)2)14-9-11-15(20)12-10-14/h4-12,16H,3H2,1-2H3/t16-/m0/s1. The second kappa shape index (κ2) is 8.14. The van der Waals surface area contributed by atoms with E-state index in [4.69, 9.17) is 4.74 Å². The van der Waals surface area contributed by atoms with Crippen LogP contribution < -0.4 is 0 Å². The van der Waals surface area contributed by atoms with Gasteiger partial charge in [-0.2, -0.15) is 0 Å². The van der Waals surface area contributed by atoms with Gasteiger partial charge in [-0.25, -0.2) is 4.39 Å². The number of ether oxygens (including phenoxy) is 1. The van der Waals surface area contributed by atoms with Crippen molar-refractivity contribution < 1.29 is 13.9 Å². The molecule has 134 valence electrons. The molecule has 0 fully saturated rings. The predicted molar refractivity (Wildman–Crippen MR) is 98.1 cm³/mol. The van der Waals surface area contributed by atoms with Crippen molar-refractivity contribution in [2.75, 3.05) is 6.61 Å². The van der Waals surface area contributed by atoms with Gasteiger partial charge in [-0.3, -0.25) is 4.79 Å². The molecule has 0 amide bonds. The zero-order valence-corrected chi connectivity index (χ0v) is 15.2. The highest BCUT2D eigenvalue weighted by atomic mass is 32.2. The van der Waals surface area contributed by atoms with Crippen LogP contribution in [0.5, 0.6) is 0 Å². The van der Waals surface area contributed by atoms with Gasteiger partial charge in [0.05, 0.1) is 6.61 Å². The Morgan fingerprint density at radius 3 is 2.50 bits per heavy atom. The third-order valence-corrected chi connectivity index (χ3v) is 5.03. The first-order chi connectivity index (χ1) is 12.6. The molecule has 26 heavy (non-hydrogen) atoms. The number of rotatable bonds is 6. The minimum atomic E-state index is -0.542. The molecule has 0 spiro atoms. The molecule has 2 aromatic carbocycles. The summed E-state index contributed by atoms with van der Waals surface area (Å²) in [6, 6.07) is 15.5. The topological polar surface area (TPSA) is 57.0 Å². The second-order valence-electron chi connectivity index (χ2n) is 5.53. The van der Waals surface area contributed by atoms with Gasteiger partial charge in [0.2, 0.25) is 0 Å². The minimum Gasteiger partial charge on any atom is -0.465 e. The zero-order chi connectivity index (χ0) is 18.5. The van der Waals surface area contributed by atoms with E-state index in [-0.39, 0.29) is 11.8 Å². The molecule has 0 aliphatic carbocycles. The average molecular weight is 371 g/mol. The highest BCUT2D eigenvalue weighted by Gasteiger charge is 2.26. The largest absolute Gasteiger partial charge is 0.465 e. The number of hydrogen-bond donors (Lipinski definition) is 0. The van der Waals surface area contributed by atoms with Crippen LogP contribution in [0.2, 0.25) is 0 Å². The summed E-state index contributed by atoms with van der Waals surface area (Å²) in [6.07, 6.45) is 0. The Bertz CT molecular complexity index is 882. The van der Waals surface area contributed by atoms with Gasteiger partial charge in [-0.05, 0) is 36.8 Å². The molecule has 1 atom stereocenters. The summed E-state index contributed by atoms with van der Waals surface area (Å²) in [6.45, 7) is 2.09. The molecule has 0 saturated carbocycles. The highest BCUT2D eigenvalue weighted by molar-refractivity contribution is 8.00. The van der Waals surface area contributed by atoms with Crippen LogP contribution in [0.15, 0.2) is 59.8 Å². The van der Waals surface area contributed by atoms with Crippen molar-refractivity contribution in [3.63, 3.8) is 0 Å². The molecule has 0 aliphatic heterocycles. The lowest BCUT2D eigenvalue weighted by atomic mass is 10.1. The van der Waals surface area contributed by atoms with Crippen LogP contribution in [0.1, 0.15) is 17.7 Å². The lowest BCUT2D eigenvalue weighted by Gasteiger charge is -2.15. The molecule has 0 saturated heterocycles. The molecular formula is C19H18FN3O2S. The Labute approximate surface area is 155 Å². The van der Waals surface area contributed by atoms with Gasteiger partial charge in [0.1, 0.15) is 11.1 Å². The van der Waals surface area contributed by atoms with Crippen LogP contribution in [-0.2, 0) is 16.6 Å². The molecule has 3 aromatic rings. The number of benzene rings is 2. The maximum Gasteiger partial charge on any atom is 0.324 e. The van der Waals surface area contributed by atoms with E-state index >= 15 is 0 Å². The number of carbonyl (C=O) groups is 1. The molecule has 1 heterocycles. The van der Waals surface area contributed by atoms with Crippen molar-refractivity contribution in [2.45, 2.75) is 17.3 Å². The summed E-state index contributed by atoms with van der Waals surface area (Å²) in [5.41, 5.74) is 1.59. The van der Waals surface area contributed by atoms with Crippen LogP contribution in [0, 0.1) is 5.82 Å². The normalized spacial score (nSPS) is 12.0. The Balaban J connectivity index is 1.90. The summed E-state index contributed by atoms with van der Waals surface area (Å²) in [4.78, 5) is 12.4. The van der Waals surface area contributed by atoms with E-state index in [1.165, 1.54) is 23.9 Å².